The van der Waals surface area contributed by atoms with E-state index in [0.717, 1.165) is 33.7 Å². The number of rotatable bonds is 3. The van der Waals surface area contributed by atoms with Crippen LogP contribution in [0.5, 0.6) is 0 Å². The lowest BCUT2D eigenvalue weighted by molar-refractivity contribution is -0.186. The van der Waals surface area contributed by atoms with Crippen LogP contribution in [0.15, 0.2) is 72.0 Å². The zero-order valence-corrected chi connectivity index (χ0v) is 21.7. The minimum absolute atomic E-state index is 0.168. The van der Waals surface area contributed by atoms with E-state index in [1.165, 1.54) is 12.1 Å². The van der Waals surface area contributed by atoms with Crippen molar-refractivity contribution in [2.24, 2.45) is 17.3 Å². The Balaban J connectivity index is 1.35. The first kappa shape index (κ1) is 25.6. The molecule has 1 unspecified atom stereocenters. The molecule has 0 saturated heterocycles. The maximum atomic E-state index is 14.3. The highest BCUT2D eigenvalue weighted by atomic mass is 19.4. The number of allylic oxidation sites excluding steroid dienone is 2. The maximum Gasteiger partial charge on any atom is 0.394 e. The summed E-state index contributed by atoms with van der Waals surface area (Å²) in [6.07, 6.45) is 2.81. The van der Waals surface area contributed by atoms with E-state index in [1.807, 2.05) is 13.0 Å². The third-order valence-corrected chi connectivity index (χ3v) is 8.74. The van der Waals surface area contributed by atoms with Gasteiger partial charge in [-0.05, 0) is 80.6 Å². The van der Waals surface area contributed by atoms with Crippen molar-refractivity contribution in [1.29, 1.82) is 0 Å². The average molecular weight is 536 g/mol. The molecule has 4 nitrogen and oxygen atoms in total. The number of halogens is 4. The summed E-state index contributed by atoms with van der Waals surface area (Å²) in [5, 5.41) is 7.37. The largest absolute Gasteiger partial charge is 0.394 e. The number of carbonyl (C=O) groups excluding carboxylic acids is 1. The summed E-state index contributed by atoms with van der Waals surface area (Å²) >= 11 is 0. The van der Waals surface area contributed by atoms with Crippen LogP contribution in [0.25, 0.3) is 11.8 Å². The lowest BCUT2D eigenvalue weighted by Gasteiger charge is -2.51. The van der Waals surface area contributed by atoms with Gasteiger partial charge in [-0.3, -0.25) is 4.79 Å². The molecular weight excluding hydrogens is 506 g/mol. The number of alkyl halides is 3. The molecule has 3 aliphatic carbocycles. The number of aryl methyl sites for hydroxylation is 1. The molecule has 1 fully saturated rings. The van der Waals surface area contributed by atoms with Gasteiger partial charge >= 0.3 is 6.18 Å². The number of fused-ring (bicyclic) bond motifs is 4. The summed E-state index contributed by atoms with van der Waals surface area (Å²) in [6, 6.07) is 12.0. The fraction of sp³-hybridized carbons (Fsp3) is 0.355. The van der Waals surface area contributed by atoms with Gasteiger partial charge in [0.2, 0.25) is 0 Å². The zero-order chi connectivity index (χ0) is 27.5. The molecule has 1 aromatic heterocycles. The molecule has 4 atom stereocenters. The summed E-state index contributed by atoms with van der Waals surface area (Å²) in [7, 11) is 0. The van der Waals surface area contributed by atoms with E-state index in [9.17, 15) is 22.4 Å². The molecule has 1 saturated carbocycles. The summed E-state index contributed by atoms with van der Waals surface area (Å²) in [5.41, 5.74) is 5.55. The Kier molecular flexibility index (Phi) is 6.04. The first-order valence-corrected chi connectivity index (χ1v) is 13.2. The Hall–Kier alpha value is -3.68. The fourth-order valence-electron chi connectivity index (χ4n) is 6.79. The summed E-state index contributed by atoms with van der Waals surface area (Å²) < 4.78 is 58.0. The fourth-order valence-corrected chi connectivity index (χ4v) is 6.79. The van der Waals surface area contributed by atoms with Gasteiger partial charge < -0.3 is 5.32 Å². The molecule has 3 aliphatic rings. The number of hydrogen-bond acceptors (Lipinski definition) is 2. The third kappa shape index (κ3) is 4.39. The Labute approximate surface area is 224 Å². The van der Waals surface area contributed by atoms with Gasteiger partial charge in [-0.25, -0.2) is 9.07 Å². The van der Waals surface area contributed by atoms with E-state index in [2.05, 4.69) is 23.4 Å². The molecule has 0 radical (unpaired) electrons. The Morgan fingerprint density at radius 1 is 1.15 bits per heavy atom. The second-order valence-electron chi connectivity index (χ2n) is 11.2. The van der Waals surface area contributed by atoms with Gasteiger partial charge in [0.25, 0.3) is 5.91 Å². The van der Waals surface area contributed by atoms with Gasteiger partial charge in [0.05, 0.1) is 23.5 Å². The van der Waals surface area contributed by atoms with Gasteiger partial charge in [-0.1, -0.05) is 41.8 Å². The third-order valence-electron chi connectivity index (χ3n) is 8.74. The van der Waals surface area contributed by atoms with E-state index < -0.39 is 35.4 Å². The van der Waals surface area contributed by atoms with Gasteiger partial charge in [-0.2, -0.15) is 18.3 Å². The van der Waals surface area contributed by atoms with Crippen molar-refractivity contribution in [2.45, 2.75) is 51.7 Å². The van der Waals surface area contributed by atoms with E-state index in [4.69, 9.17) is 0 Å². The van der Waals surface area contributed by atoms with Crippen molar-refractivity contribution < 1.29 is 22.4 Å². The van der Waals surface area contributed by atoms with Crippen LogP contribution in [0.4, 0.5) is 17.6 Å². The van der Waals surface area contributed by atoms with Gasteiger partial charge in [0, 0.05) is 22.9 Å². The number of aromatic nitrogens is 2. The molecule has 0 bridgehead atoms. The van der Waals surface area contributed by atoms with Crippen LogP contribution in [0, 0.1) is 30.0 Å². The average Bonchev–Trinajstić information content (AvgIpc) is 3.29. The van der Waals surface area contributed by atoms with Crippen LogP contribution in [-0.2, 0) is 6.42 Å². The second kappa shape index (κ2) is 9.21. The van der Waals surface area contributed by atoms with Crippen molar-refractivity contribution in [3.63, 3.8) is 0 Å². The van der Waals surface area contributed by atoms with Crippen molar-refractivity contribution in [1.82, 2.24) is 15.1 Å². The van der Waals surface area contributed by atoms with Gasteiger partial charge in [-0.15, -0.1) is 0 Å². The highest BCUT2D eigenvalue weighted by Gasteiger charge is 2.54. The molecule has 6 rings (SSSR count). The predicted octanol–water partition coefficient (Wildman–Crippen LogP) is 6.98. The minimum Gasteiger partial charge on any atom is -0.348 e. The molecule has 1 N–H and O–H groups in total. The lowest BCUT2D eigenvalue weighted by atomic mass is 9.55. The molecule has 1 heterocycles. The van der Waals surface area contributed by atoms with Crippen LogP contribution < -0.4 is 5.32 Å². The molecule has 202 valence electrons. The lowest BCUT2D eigenvalue weighted by Crippen LogP contribution is -2.55. The number of nitrogens with zero attached hydrogens (tertiary/aromatic N) is 2. The van der Waals surface area contributed by atoms with E-state index in [1.54, 1.807) is 47.3 Å². The first-order chi connectivity index (χ1) is 18.5. The highest BCUT2D eigenvalue weighted by molar-refractivity contribution is 5.94. The van der Waals surface area contributed by atoms with E-state index >= 15 is 0 Å². The van der Waals surface area contributed by atoms with Crippen LogP contribution in [0.3, 0.4) is 0 Å². The number of amides is 1. The Morgan fingerprint density at radius 2 is 1.92 bits per heavy atom. The molecule has 8 heteroatoms. The topological polar surface area (TPSA) is 46.9 Å². The van der Waals surface area contributed by atoms with Crippen LogP contribution in [0.2, 0.25) is 0 Å². The number of nitrogens with one attached hydrogen (secondary N) is 1. The Morgan fingerprint density at radius 3 is 2.64 bits per heavy atom. The predicted molar refractivity (Wildman–Crippen MR) is 141 cm³/mol. The molecule has 1 amide bonds. The van der Waals surface area contributed by atoms with Gasteiger partial charge in [0.1, 0.15) is 5.82 Å². The molecule has 3 aromatic rings. The van der Waals surface area contributed by atoms with Crippen molar-refractivity contribution in [2.75, 3.05) is 0 Å². The minimum atomic E-state index is -4.43. The van der Waals surface area contributed by atoms with Crippen molar-refractivity contribution in [3.05, 3.63) is 100 Å². The summed E-state index contributed by atoms with van der Waals surface area (Å²) in [6.45, 7) is 3.95. The number of benzene rings is 2. The van der Waals surface area contributed by atoms with Gasteiger partial charge in [0.15, 0.2) is 0 Å². The quantitative estimate of drug-likeness (QED) is 0.291. The molecule has 2 aromatic carbocycles. The maximum absolute atomic E-state index is 14.3. The Bertz CT molecular complexity index is 1500. The highest BCUT2D eigenvalue weighted by Crippen LogP contribution is 2.57. The van der Waals surface area contributed by atoms with Crippen molar-refractivity contribution in [3.8, 4) is 5.69 Å². The monoisotopic (exact) mass is 535 g/mol. The summed E-state index contributed by atoms with van der Waals surface area (Å²) in [5.74, 6) is -2.86. The second-order valence-corrected chi connectivity index (χ2v) is 11.2. The molecule has 0 spiro atoms. The zero-order valence-electron chi connectivity index (χ0n) is 21.7. The molecule has 39 heavy (non-hydrogen) atoms. The normalized spacial score (nSPS) is 26.1. The summed E-state index contributed by atoms with van der Waals surface area (Å²) in [4.78, 5) is 13.2. The van der Waals surface area contributed by atoms with Crippen LogP contribution in [-0.4, -0.2) is 27.9 Å². The smallest absolute Gasteiger partial charge is 0.348 e. The van der Waals surface area contributed by atoms with Crippen LogP contribution >= 0.6 is 0 Å². The van der Waals surface area contributed by atoms with E-state index in [-0.39, 0.29) is 12.2 Å². The number of hydrogen-bond donors (Lipinski definition) is 1. The van der Waals surface area contributed by atoms with Crippen LogP contribution in [0.1, 0.15) is 53.4 Å². The standard InChI is InChI=1S/C31H29F4N3O/c1-18-4-3-5-19(14-18)29(39)37-28-24-11-6-21-15-27-20(17-36-38(27)23-9-7-22(32)8-10-23)16-30(21,2)25(24)12-13-26(28)31(33,34)35/h3-5,7-10,12,14-15,17,24,26,28H,6,11,13,16H2,1-2H3,(H,37,39)/t24?,26-,28-,30+/m1/s1. The molecule has 0 aliphatic heterocycles. The first-order valence-electron chi connectivity index (χ1n) is 13.2. The van der Waals surface area contributed by atoms with Crippen molar-refractivity contribution >= 4 is 12.0 Å². The van der Waals surface area contributed by atoms with E-state index in [0.29, 0.717) is 24.8 Å². The SMILES string of the molecule is Cc1cccc(C(=O)N[C@@H]2C3CCC4=Cc5c(cnn5-c5ccc(F)cc5)C[C@]4(C)C3=CC[C@H]2C(F)(F)F)c1. The molecular formula is C31H29F4N3O. The number of carbonyl (C=O) groups is 1.